The molecule has 0 spiro atoms. The smallest absolute Gasteiger partial charge is 0.325 e. The summed E-state index contributed by atoms with van der Waals surface area (Å²) in [6.45, 7) is 1.08. The highest BCUT2D eigenvalue weighted by atomic mass is 32.2. The summed E-state index contributed by atoms with van der Waals surface area (Å²) in [5.41, 5.74) is 0.870. The molecule has 2 fully saturated rings. The first-order chi connectivity index (χ1) is 12.0. The highest BCUT2D eigenvalue weighted by Crippen LogP contribution is 2.27. The number of benzene rings is 1. The van der Waals surface area contributed by atoms with Crippen LogP contribution in [0, 0.1) is 0 Å². The van der Waals surface area contributed by atoms with Gasteiger partial charge in [0.1, 0.15) is 6.04 Å². The summed E-state index contributed by atoms with van der Waals surface area (Å²) >= 11 is 0. The maximum absolute atomic E-state index is 12.9. The van der Waals surface area contributed by atoms with E-state index in [1.807, 2.05) is 30.3 Å². The van der Waals surface area contributed by atoms with Crippen molar-refractivity contribution in [2.75, 3.05) is 26.0 Å². The van der Waals surface area contributed by atoms with Crippen LogP contribution in [0.1, 0.15) is 31.2 Å². The molecule has 1 aliphatic heterocycles. The van der Waals surface area contributed by atoms with Gasteiger partial charge in [0, 0.05) is 25.7 Å². The van der Waals surface area contributed by atoms with Crippen molar-refractivity contribution in [2.45, 2.75) is 44.3 Å². The summed E-state index contributed by atoms with van der Waals surface area (Å²) in [7, 11) is -2.21. The second kappa shape index (κ2) is 7.85. The maximum Gasteiger partial charge on any atom is 0.325 e. The third kappa shape index (κ3) is 4.22. The van der Waals surface area contributed by atoms with Crippen molar-refractivity contribution in [2.24, 2.45) is 0 Å². The zero-order valence-corrected chi connectivity index (χ0v) is 15.5. The molecule has 1 saturated carbocycles. The van der Waals surface area contributed by atoms with Gasteiger partial charge in [-0.1, -0.05) is 43.2 Å². The van der Waals surface area contributed by atoms with Crippen molar-refractivity contribution < 1.29 is 17.9 Å². The van der Waals surface area contributed by atoms with E-state index in [0.717, 1.165) is 18.4 Å². The van der Waals surface area contributed by atoms with Gasteiger partial charge in [-0.2, -0.15) is 4.31 Å². The Morgan fingerprint density at radius 2 is 1.88 bits per heavy atom. The van der Waals surface area contributed by atoms with Gasteiger partial charge < -0.3 is 4.74 Å². The Hall–Kier alpha value is -1.44. The minimum absolute atomic E-state index is 0.0455. The van der Waals surface area contributed by atoms with Gasteiger partial charge in [-0.3, -0.25) is 9.69 Å². The number of sulfonamides is 1. The van der Waals surface area contributed by atoms with Crippen LogP contribution in [0.4, 0.5) is 0 Å². The first-order valence-corrected chi connectivity index (χ1v) is 10.5. The van der Waals surface area contributed by atoms with Gasteiger partial charge in [-0.15, -0.1) is 0 Å². The van der Waals surface area contributed by atoms with Crippen LogP contribution in [-0.2, 0) is 26.1 Å². The van der Waals surface area contributed by atoms with Crippen molar-refractivity contribution in [3.05, 3.63) is 35.9 Å². The number of carbonyl (C=O) groups excluding carboxylic acids is 1. The number of carbonyl (C=O) groups is 1. The van der Waals surface area contributed by atoms with Gasteiger partial charge in [0.25, 0.3) is 0 Å². The zero-order valence-electron chi connectivity index (χ0n) is 14.6. The van der Waals surface area contributed by atoms with E-state index in [1.165, 1.54) is 24.3 Å². The summed E-state index contributed by atoms with van der Waals surface area (Å²) in [6, 6.07) is 8.97. The number of esters is 1. The molecule has 3 rings (SSSR count). The summed E-state index contributed by atoms with van der Waals surface area (Å²) in [4.78, 5) is 14.6. The molecule has 1 aliphatic carbocycles. The topological polar surface area (TPSA) is 66.9 Å². The Kier molecular flexibility index (Phi) is 5.76. The molecule has 7 heteroatoms. The monoisotopic (exact) mass is 366 g/mol. The van der Waals surface area contributed by atoms with Crippen LogP contribution in [-0.4, -0.2) is 61.6 Å². The molecular formula is C18H26N2O4S. The van der Waals surface area contributed by atoms with E-state index in [2.05, 4.69) is 4.90 Å². The van der Waals surface area contributed by atoms with E-state index in [-0.39, 0.29) is 12.3 Å². The predicted molar refractivity (Wildman–Crippen MR) is 95.4 cm³/mol. The Balaban J connectivity index is 1.89. The quantitative estimate of drug-likeness (QED) is 0.758. The highest BCUT2D eigenvalue weighted by Gasteiger charge is 2.41. The van der Waals surface area contributed by atoms with Crippen LogP contribution in [0.3, 0.4) is 0 Å². The maximum atomic E-state index is 12.9. The van der Waals surface area contributed by atoms with Crippen molar-refractivity contribution in [3.63, 3.8) is 0 Å². The molecule has 2 aliphatic rings. The van der Waals surface area contributed by atoms with Crippen molar-refractivity contribution in [3.8, 4) is 0 Å². The van der Waals surface area contributed by atoms with Crippen LogP contribution in [0.2, 0.25) is 0 Å². The van der Waals surface area contributed by atoms with Crippen molar-refractivity contribution >= 4 is 16.0 Å². The van der Waals surface area contributed by atoms with Crippen molar-refractivity contribution in [1.82, 2.24) is 9.21 Å². The van der Waals surface area contributed by atoms with Gasteiger partial charge in [-0.25, -0.2) is 8.42 Å². The van der Waals surface area contributed by atoms with E-state index in [9.17, 15) is 13.2 Å². The van der Waals surface area contributed by atoms with Gasteiger partial charge in [-0.05, 0) is 18.4 Å². The fraction of sp³-hybridized carbons (Fsp3) is 0.611. The van der Waals surface area contributed by atoms with Crippen LogP contribution in [0.25, 0.3) is 0 Å². The average Bonchev–Trinajstić information content (AvgIpc) is 3.11. The molecule has 1 heterocycles. The van der Waals surface area contributed by atoms with Gasteiger partial charge >= 0.3 is 5.97 Å². The van der Waals surface area contributed by atoms with Gasteiger partial charge in [0.15, 0.2) is 0 Å². The summed E-state index contributed by atoms with van der Waals surface area (Å²) in [5, 5.41) is 0. The lowest BCUT2D eigenvalue weighted by Gasteiger charge is -2.31. The second-order valence-electron chi connectivity index (χ2n) is 6.82. The molecule has 0 aromatic heterocycles. The van der Waals surface area contributed by atoms with Crippen LogP contribution in [0.15, 0.2) is 30.3 Å². The number of methoxy groups -OCH3 is 1. The molecule has 0 N–H and O–H groups in total. The minimum Gasteiger partial charge on any atom is -0.468 e. The summed E-state index contributed by atoms with van der Waals surface area (Å²) < 4.78 is 32.1. The molecule has 0 radical (unpaired) electrons. The average molecular weight is 366 g/mol. The van der Waals surface area contributed by atoms with E-state index in [0.29, 0.717) is 19.1 Å². The van der Waals surface area contributed by atoms with E-state index >= 15 is 0 Å². The van der Waals surface area contributed by atoms with Gasteiger partial charge in [0.05, 0.1) is 12.9 Å². The number of rotatable bonds is 4. The first kappa shape index (κ1) is 18.4. The number of hydrogen-bond donors (Lipinski definition) is 0. The molecule has 1 aromatic carbocycles. The molecule has 0 amide bonds. The number of ether oxygens (including phenoxy) is 1. The SMILES string of the molecule is COC(=O)C1CN(C2CCCC2)CCS(=O)(=O)N1Cc1ccccc1. The fourth-order valence-corrected chi connectivity index (χ4v) is 5.44. The fourth-order valence-electron chi connectivity index (χ4n) is 3.85. The minimum atomic E-state index is -3.53. The molecule has 1 unspecified atom stereocenters. The molecule has 138 valence electrons. The Morgan fingerprint density at radius 1 is 1.20 bits per heavy atom. The second-order valence-corrected chi connectivity index (χ2v) is 8.86. The van der Waals surface area contributed by atoms with Gasteiger partial charge in [0.2, 0.25) is 10.0 Å². The van der Waals surface area contributed by atoms with E-state index in [4.69, 9.17) is 4.74 Å². The Morgan fingerprint density at radius 3 is 2.52 bits per heavy atom. The van der Waals surface area contributed by atoms with Crippen LogP contribution >= 0.6 is 0 Å². The van der Waals surface area contributed by atoms with Crippen LogP contribution in [0.5, 0.6) is 0 Å². The molecule has 1 saturated heterocycles. The Bertz CT molecular complexity index is 686. The Labute approximate surface area is 149 Å². The van der Waals surface area contributed by atoms with Crippen molar-refractivity contribution in [1.29, 1.82) is 0 Å². The molecule has 1 aromatic rings. The lowest BCUT2D eigenvalue weighted by molar-refractivity contribution is -0.146. The van der Waals surface area contributed by atoms with E-state index < -0.39 is 22.0 Å². The molecule has 1 atom stereocenters. The summed E-state index contributed by atoms with van der Waals surface area (Å²) in [5.74, 6) is -0.437. The van der Waals surface area contributed by atoms with Crippen LogP contribution < -0.4 is 0 Å². The largest absolute Gasteiger partial charge is 0.468 e. The third-order valence-corrected chi connectivity index (χ3v) is 7.04. The first-order valence-electron chi connectivity index (χ1n) is 8.86. The molecule has 0 bridgehead atoms. The standard InChI is InChI=1S/C18H26N2O4S/c1-24-18(21)17-14-19(16-9-5-6-10-16)11-12-25(22,23)20(17)13-15-7-3-2-4-8-15/h2-4,7-8,16-17H,5-6,9-14H2,1H3. The highest BCUT2D eigenvalue weighted by molar-refractivity contribution is 7.89. The third-order valence-electron chi connectivity index (χ3n) is 5.24. The zero-order chi connectivity index (χ0) is 17.9. The normalized spacial score (nSPS) is 25.6. The summed E-state index contributed by atoms with van der Waals surface area (Å²) in [6.07, 6.45) is 4.49. The number of nitrogens with zero attached hydrogens (tertiary/aromatic N) is 2. The lowest BCUT2D eigenvalue weighted by Crippen LogP contribution is -2.49. The lowest BCUT2D eigenvalue weighted by atomic mass is 10.1. The predicted octanol–water partition coefficient (Wildman–Crippen LogP) is 1.62. The van der Waals surface area contributed by atoms with E-state index in [1.54, 1.807) is 0 Å². The molecular weight excluding hydrogens is 340 g/mol. The number of hydrogen-bond acceptors (Lipinski definition) is 5. The molecule has 6 nitrogen and oxygen atoms in total. The molecule has 25 heavy (non-hydrogen) atoms.